The second-order valence-corrected chi connectivity index (χ2v) is 5.83. The van der Waals surface area contributed by atoms with Crippen LogP contribution >= 0.6 is 11.3 Å². The second-order valence-electron chi connectivity index (χ2n) is 5.02. The molecule has 0 unspecified atom stereocenters. The Hall–Kier alpha value is -0.720. The number of nitrogens with zero attached hydrogens (tertiary/aromatic N) is 3. The van der Waals surface area contributed by atoms with Gasteiger partial charge in [-0.3, -0.25) is 0 Å². The van der Waals surface area contributed by atoms with E-state index in [2.05, 4.69) is 15.1 Å². The fourth-order valence-corrected chi connectivity index (χ4v) is 3.58. The van der Waals surface area contributed by atoms with Gasteiger partial charge in [-0.2, -0.15) is 0 Å². The molecule has 0 aromatic carbocycles. The molecular weight excluding hydrogens is 250 g/mol. The highest BCUT2D eigenvalue weighted by Crippen LogP contribution is 2.37. The zero-order valence-corrected chi connectivity index (χ0v) is 11.5. The molecule has 6 heteroatoms. The van der Waals surface area contributed by atoms with Crippen LogP contribution in [0.3, 0.4) is 0 Å². The first kappa shape index (κ1) is 12.3. The van der Waals surface area contributed by atoms with Gasteiger partial charge in [0.2, 0.25) is 5.13 Å². The van der Waals surface area contributed by atoms with Gasteiger partial charge >= 0.3 is 0 Å². The van der Waals surface area contributed by atoms with Crippen LogP contribution in [0, 0.1) is 0 Å². The van der Waals surface area contributed by atoms with Gasteiger partial charge in [-0.1, -0.05) is 11.3 Å². The molecule has 0 radical (unpaired) electrons. The Morgan fingerprint density at radius 1 is 1.67 bits per heavy atom. The van der Waals surface area contributed by atoms with Crippen LogP contribution < -0.4 is 4.90 Å². The molecule has 1 aromatic rings. The maximum absolute atomic E-state index is 6.06. The fourth-order valence-electron chi connectivity index (χ4n) is 3.00. The molecule has 2 fully saturated rings. The minimum Gasteiger partial charge on any atom is -0.376 e. The van der Waals surface area contributed by atoms with Crippen molar-refractivity contribution in [3.63, 3.8) is 0 Å². The monoisotopic (exact) mass is 269 g/mol. The maximum atomic E-state index is 6.06. The molecule has 1 spiro atoms. The molecule has 0 amide bonds. The Morgan fingerprint density at radius 3 is 3.39 bits per heavy atom. The second kappa shape index (κ2) is 5.11. The molecule has 0 N–H and O–H groups in total. The Bertz CT molecular complexity index is 387. The lowest BCUT2D eigenvalue weighted by atomic mass is 9.89. The van der Waals surface area contributed by atoms with E-state index in [9.17, 15) is 0 Å². The molecule has 0 saturated carbocycles. The summed E-state index contributed by atoms with van der Waals surface area (Å²) in [6, 6.07) is 0. The summed E-state index contributed by atoms with van der Waals surface area (Å²) >= 11 is 1.60. The van der Waals surface area contributed by atoms with Gasteiger partial charge in [0.25, 0.3) is 0 Å². The van der Waals surface area contributed by atoms with Crippen LogP contribution in [0.15, 0.2) is 5.51 Å². The summed E-state index contributed by atoms with van der Waals surface area (Å²) in [6.45, 7) is 5.52. The SMILES string of the molecule is CCO[C@@H]1CO[C@@]2(CCCN(c3nncs3)C2)C1. The maximum Gasteiger partial charge on any atom is 0.208 e. The lowest BCUT2D eigenvalue weighted by Crippen LogP contribution is -2.48. The predicted octanol–water partition coefficient (Wildman–Crippen LogP) is 1.70. The minimum atomic E-state index is -0.0241. The number of aromatic nitrogens is 2. The summed E-state index contributed by atoms with van der Waals surface area (Å²) in [5.41, 5.74) is 1.76. The van der Waals surface area contributed by atoms with Gasteiger partial charge in [-0.05, 0) is 19.8 Å². The number of piperidine rings is 1. The topological polar surface area (TPSA) is 47.5 Å². The normalized spacial score (nSPS) is 32.3. The highest BCUT2D eigenvalue weighted by molar-refractivity contribution is 7.13. The van der Waals surface area contributed by atoms with Crippen LogP contribution in [-0.4, -0.2) is 48.2 Å². The average Bonchev–Trinajstić information content (AvgIpc) is 3.01. The third-order valence-electron chi connectivity index (χ3n) is 3.74. The lowest BCUT2D eigenvalue weighted by Gasteiger charge is -2.39. The number of rotatable bonds is 3. The number of hydrogen-bond donors (Lipinski definition) is 0. The van der Waals surface area contributed by atoms with E-state index in [0.29, 0.717) is 0 Å². The smallest absolute Gasteiger partial charge is 0.208 e. The Kier molecular flexibility index (Phi) is 3.50. The average molecular weight is 269 g/mol. The van der Waals surface area contributed by atoms with E-state index in [1.807, 2.05) is 6.92 Å². The molecule has 2 atom stereocenters. The van der Waals surface area contributed by atoms with Crippen molar-refractivity contribution in [1.82, 2.24) is 10.2 Å². The molecule has 0 bridgehead atoms. The minimum absolute atomic E-state index is 0.0241. The van der Waals surface area contributed by atoms with E-state index in [-0.39, 0.29) is 11.7 Å². The summed E-state index contributed by atoms with van der Waals surface area (Å²) in [5.74, 6) is 0. The van der Waals surface area contributed by atoms with Gasteiger partial charge in [0.1, 0.15) is 5.51 Å². The quantitative estimate of drug-likeness (QED) is 0.836. The largest absolute Gasteiger partial charge is 0.376 e. The molecule has 2 saturated heterocycles. The molecule has 2 aliphatic heterocycles. The van der Waals surface area contributed by atoms with Crippen molar-refractivity contribution < 1.29 is 9.47 Å². The number of anilines is 1. The third-order valence-corrected chi connectivity index (χ3v) is 4.49. The molecule has 1 aromatic heterocycles. The van der Waals surface area contributed by atoms with Crippen molar-refractivity contribution >= 4 is 16.5 Å². The highest BCUT2D eigenvalue weighted by atomic mass is 32.1. The summed E-state index contributed by atoms with van der Waals surface area (Å²) in [6.07, 6.45) is 3.56. The van der Waals surface area contributed by atoms with E-state index in [1.165, 1.54) is 0 Å². The molecule has 18 heavy (non-hydrogen) atoms. The lowest BCUT2D eigenvalue weighted by molar-refractivity contribution is -0.0117. The van der Waals surface area contributed by atoms with Crippen molar-refractivity contribution in [2.24, 2.45) is 0 Å². The molecule has 3 rings (SSSR count). The van der Waals surface area contributed by atoms with Gasteiger partial charge in [0.05, 0.1) is 18.3 Å². The van der Waals surface area contributed by atoms with Crippen LogP contribution in [-0.2, 0) is 9.47 Å². The molecular formula is C12H19N3O2S. The Labute approximate surface area is 111 Å². The summed E-state index contributed by atoms with van der Waals surface area (Å²) in [7, 11) is 0. The first-order valence-electron chi connectivity index (χ1n) is 6.58. The van der Waals surface area contributed by atoms with Gasteiger partial charge in [0.15, 0.2) is 0 Å². The third kappa shape index (κ3) is 2.37. The predicted molar refractivity (Wildman–Crippen MR) is 70.1 cm³/mol. The molecule has 2 aliphatic rings. The van der Waals surface area contributed by atoms with Crippen LogP contribution in [0.25, 0.3) is 0 Å². The van der Waals surface area contributed by atoms with Crippen molar-refractivity contribution in [1.29, 1.82) is 0 Å². The van der Waals surface area contributed by atoms with Crippen molar-refractivity contribution in [2.45, 2.75) is 37.9 Å². The van der Waals surface area contributed by atoms with Gasteiger partial charge in [-0.15, -0.1) is 10.2 Å². The fraction of sp³-hybridized carbons (Fsp3) is 0.833. The van der Waals surface area contributed by atoms with Crippen LogP contribution in [0.1, 0.15) is 26.2 Å². The van der Waals surface area contributed by atoms with Crippen molar-refractivity contribution in [2.75, 3.05) is 31.2 Å². The summed E-state index contributed by atoms with van der Waals surface area (Å²) in [5, 5.41) is 9.09. The van der Waals surface area contributed by atoms with Gasteiger partial charge < -0.3 is 14.4 Å². The molecule has 0 aliphatic carbocycles. The summed E-state index contributed by atoms with van der Waals surface area (Å²) < 4.78 is 11.8. The standard InChI is InChI=1S/C12H19N3O2S/c1-2-16-10-6-12(17-7-10)4-3-5-15(8-12)11-14-13-9-18-11/h9-10H,2-8H2,1H3/t10-,12-/m0/s1. The molecule has 3 heterocycles. The summed E-state index contributed by atoms with van der Waals surface area (Å²) in [4.78, 5) is 2.30. The number of ether oxygens (including phenoxy) is 2. The van der Waals surface area contributed by atoms with E-state index in [4.69, 9.17) is 9.47 Å². The Morgan fingerprint density at radius 2 is 2.61 bits per heavy atom. The first-order valence-corrected chi connectivity index (χ1v) is 7.46. The van der Waals surface area contributed by atoms with Gasteiger partial charge in [0, 0.05) is 26.1 Å². The highest BCUT2D eigenvalue weighted by Gasteiger charge is 2.44. The zero-order chi connectivity index (χ0) is 12.4. The Balaban J connectivity index is 1.67. The van der Waals surface area contributed by atoms with Crippen LogP contribution in [0.2, 0.25) is 0 Å². The van der Waals surface area contributed by atoms with Gasteiger partial charge in [-0.25, -0.2) is 0 Å². The number of hydrogen-bond acceptors (Lipinski definition) is 6. The van der Waals surface area contributed by atoms with Crippen molar-refractivity contribution in [3.8, 4) is 0 Å². The van der Waals surface area contributed by atoms with E-state index < -0.39 is 0 Å². The van der Waals surface area contributed by atoms with E-state index >= 15 is 0 Å². The molecule has 100 valence electrons. The van der Waals surface area contributed by atoms with E-state index in [0.717, 1.165) is 50.7 Å². The van der Waals surface area contributed by atoms with Crippen molar-refractivity contribution in [3.05, 3.63) is 5.51 Å². The van der Waals surface area contributed by atoms with Crippen LogP contribution in [0.4, 0.5) is 5.13 Å². The first-order chi connectivity index (χ1) is 8.81. The molecule has 5 nitrogen and oxygen atoms in total. The zero-order valence-electron chi connectivity index (χ0n) is 10.7. The van der Waals surface area contributed by atoms with E-state index in [1.54, 1.807) is 16.8 Å². The van der Waals surface area contributed by atoms with Crippen LogP contribution in [0.5, 0.6) is 0 Å².